The van der Waals surface area contributed by atoms with Crippen LogP contribution in [0, 0.1) is 12.8 Å². The normalized spacial score (nSPS) is 19.2. The summed E-state index contributed by atoms with van der Waals surface area (Å²) in [4.78, 5) is 15.8. The summed E-state index contributed by atoms with van der Waals surface area (Å²) >= 11 is 0. The lowest BCUT2D eigenvalue weighted by molar-refractivity contribution is -0.116. The number of rotatable bonds is 4. The topological polar surface area (TPSA) is 54.0 Å². The number of hydrogen-bond donors (Lipinski definition) is 2. The van der Waals surface area contributed by atoms with Crippen molar-refractivity contribution in [3.05, 3.63) is 24.0 Å². The highest BCUT2D eigenvalue weighted by Gasteiger charge is 2.15. The third kappa shape index (κ3) is 3.82. The summed E-state index contributed by atoms with van der Waals surface area (Å²) in [5.41, 5.74) is 1.74. The minimum Gasteiger partial charge on any atom is -0.325 e. The number of pyridine rings is 1. The summed E-state index contributed by atoms with van der Waals surface area (Å²) in [6.07, 6.45) is 4.46. The number of aryl methyl sites for hydroxylation is 1. The van der Waals surface area contributed by atoms with Gasteiger partial charge in [0.05, 0.1) is 11.9 Å². The molecule has 1 aromatic rings. The van der Waals surface area contributed by atoms with Gasteiger partial charge in [-0.05, 0) is 50.9 Å². The number of nitrogens with zero attached hydrogens (tertiary/aromatic N) is 1. The van der Waals surface area contributed by atoms with E-state index < -0.39 is 0 Å². The lowest BCUT2D eigenvalue weighted by Crippen LogP contribution is -2.15. The Kier molecular flexibility index (Phi) is 4.09. The molecule has 0 aromatic carbocycles. The van der Waals surface area contributed by atoms with Crippen LogP contribution in [0.15, 0.2) is 18.3 Å². The summed E-state index contributed by atoms with van der Waals surface area (Å²) < 4.78 is 0. The van der Waals surface area contributed by atoms with E-state index in [2.05, 4.69) is 15.6 Å². The first-order valence-corrected chi connectivity index (χ1v) is 6.17. The van der Waals surface area contributed by atoms with Crippen LogP contribution in [0.3, 0.4) is 0 Å². The Morgan fingerprint density at radius 2 is 2.47 bits per heavy atom. The molecule has 1 fully saturated rings. The zero-order valence-corrected chi connectivity index (χ0v) is 10.2. The molecule has 0 radical (unpaired) electrons. The van der Waals surface area contributed by atoms with Gasteiger partial charge < -0.3 is 10.6 Å². The standard InChI is InChI=1S/C13H19N3O/c1-10-2-4-12(9-15-10)16-13(17)5-3-11-6-7-14-8-11/h2,4,9,11,14H,3,5-8H2,1H3,(H,16,17). The van der Waals surface area contributed by atoms with Crippen LogP contribution in [0.4, 0.5) is 5.69 Å². The molecular weight excluding hydrogens is 214 g/mol. The molecule has 2 N–H and O–H groups in total. The van der Waals surface area contributed by atoms with Crippen molar-refractivity contribution in [2.45, 2.75) is 26.2 Å². The second-order valence-electron chi connectivity index (χ2n) is 4.63. The average Bonchev–Trinajstić information content (AvgIpc) is 2.83. The van der Waals surface area contributed by atoms with Crippen LogP contribution in [0.1, 0.15) is 25.0 Å². The molecule has 0 bridgehead atoms. The van der Waals surface area contributed by atoms with E-state index in [0.717, 1.165) is 30.9 Å². The highest BCUT2D eigenvalue weighted by atomic mass is 16.1. The number of nitrogens with one attached hydrogen (secondary N) is 2. The molecule has 1 aliphatic rings. The average molecular weight is 233 g/mol. The first kappa shape index (κ1) is 12.0. The van der Waals surface area contributed by atoms with Crippen molar-refractivity contribution in [1.82, 2.24) is 10.3 Å². The fraction of sp³-hybridized carbons (Fsp3) is 0.538. The summed E-state index contributed by atoms with van der Waals surface area (Å²) in [7, 11) is 0. The van der Waals surface area contributed by atoms with Gasteiger partial charge in [0.15, 0.2) is 0 Å². The first-order valence-electron chi connectivity index (χ1n) is 6.17. The fourth-order valence-corrected chi connectivity index (χ4v) is 2.06. The second kappa shape index (κ2) is 5.77. The number of hydrogen-bond acceptors (Lipinski definition) is 3. The Labute approximate surface area is 102 Å². The van der Waals surface area contributed by atoms with Gasteiger partial charge in [0, 0.05) is 12.1 Å². The Morgan fingerprint density at radius 3 is 3.12 bits per heavy atom. The molecule has 1 aliphatic heterocycles. The minimum atomic E-state index is 0.0857. The van der Waals surface area contributed by atoms with Crippen molar-refractivity contribution in [2.24, 2.45) is 5.92 Å². The fourth-order valence-electron chi connectivity index (χ4n) is 2.06. The summed E-state index contributed by atoms with van der Waals surface area (Å²) in [5, 5.41) is 6.18. The number of anilines is 1. The van der Waals surface area contributed by atoms with Gasteiger partial charge in [0.1, 0.15) is 0 Å². The Balaban J connectivity index is 1.74. The Hall–Kier alpha value is -1.42. The Morgan fingerprint density at radius 1 is 1.59 bits per heavy atom. The maximum atomic E-state index is 11.7. The van der Waals surface area contributed by atoms with Crippen LogP contribution in [-0.2, 0) is 4.79 Å². The maximum absolute atomic E-state index is 11.7. The van der Waals surface area contributed by atoms with E-state index in [0.29, 0.717) is 12.3 Å². The van der Waals surface area contributed by atoms with Gasteiger partial charge in [-0.25, -0.2) is 0 Å². The van der Waals surface area contributed by atoms with Gasteiger partial charge in [0.25, 0.3) is 0 Å². The quantitative estimate of drug-likeness (QED) is 0.832. The predicted molar refractivity (Wildman–Crippen MR) is 67.8 cm³/mol. The number of carbonyl (C=O) groups is 1. The smallest absolute Gasteiger partial charge is 0.224 e. The molecule has 2 rings (SSSR count). The molecular formula is C13H19N3O. The molecule has 1 amide bonds. The van der Waals surface area contributed by atoms with Crippen LogP contribution in [-0.4, -0.2) is 24.0 Å². The van der Waals surface area contributed by atoms with Gasteiger partial charge in [-0.3, -0.25) is 9.78 Å². The van der Waals surface area contributed by atoms with E-state index in [1.807, 2.05) is 19.1 Å². The second-order valence-corrected chi connectivity index (χ2v) is 4.63. The lowest BCUT2D eigenvalue weighted by Gasteiger charge is -2.08. The molecule has 4 nitrogen and oxygen atoms in total. The van der Waals surface area contributed by atoms with E-state index >= 15 is 0 Å². The van der Waals surface area contributed by atoms with Crippen LogP contribution in [0.5, 0.6) is 0 Å². The molecule has 1 unspecified atom stereocenters. The van der Waals surface area contributed by atoms with Gasteiger partial charge in [-0.1, -0.05) is 0 Å². The van der Waals surface area contributed by atoms with Gasteiger partial charge in [-0.15, -0.1) is 0 Å². The van der Waals surface area contributed by atoms with Crippen molar-refractivity contribution >= 4 is 11.6 Å². The van der Waals surface area contributed by atoms with Crippen molar-refractivity contribution in [3.8, 4) is 0 Å². The molecule has 0 aliphatic carbocycles. The Bertz CT molecular complexity index is 369. The van der Waals surface area contributed by atoms with Crippen molar-refractivity contribution in [2.75, 3.05) is 18.4 Å². The molecule has 1 saturated heterocycles. The zero-order valence-electron chi connectivity index (χ0n) is 10.2. The minimum absolute atomic E-state index is 0.0857. The molecule has 4 heteroatoms. The zero-order chi connectivity index (χ0) is 12.1. The highest BCUT2D eigenvalue weighted by molar-refractivity contribution is 5.90. The van der Waals surface area contributed by atoms with Crippen LogP contribution >= 0.6 is 0 Å². The highest BCUT2D eigenvalue weighted by Crippen LogP contribution is 2.15. The van der Waals surface area contributed by atoms with Gasteiger partial charge in [0.2, 0.25) is 5.91 Å². The monoisotopic (exact) mass is 233 g/mol. The maximum Gasteiger partial charge on any atom is 0.224 e. The van der Waals surface area contributed by atoms with Crippen molar-refractivity contribution in [1.29, 1.82) is 0 Å². The summed E-state index contributed by atoms with van der Waals surface area (Å²) in [6.45, 7) is 4.08. The predicted octanol–water partition coefficient (Wildman–Crippen LogP) is 1.72. The van der Waals surface area contributed by atoms with Crippen LogP contribution in [0.2, 0.25) is 0 Å². The largest absolute Gasteiger partial charge is 0.325 e. The van der Waals surface area contributed by atoms with Crippen LogP contribution in [0.25, 0.3) is 0 Å². The summed E-state index contributed by atoms with van der Waals surface area (Å²) in [6, 6.07) is 3.79. The molecule has 0 saturated carbocycles. The van der Waals surface area contributed by atoms with E-state index in [-0.39, 0.29) is 5.91 Å². The molecule has 92 valence electrons. The number of amides is 1. The van der Waals surface area contributed by atoms with E-state index in [1.54, 1.807) is 6.20 Å². The van der Waals surface area contributed by atoms with Gasteiger partial charge >= 0.3 is 0 Å². The van der Waals surface area contributed by atoms with E-state index in [1.165, 1.54) is 6.42 Å². The molecule has 2 heterocycles. The van der Waals surface area contributed by atoms with Crippen LogP contribution < -0.4 is 10.6 Å². The van der Waals surface area contributed by atoms with Gasteiger partial charge in [-0.2, -0.15) is 0 Å². The van der Waals surface area contributed by atoms with Crippen molar-refractivity contribution < 1.29 is 4.79 Å². The lowest BCUT2D eigenvalue weighted by atomic mass is 10.0. The summed E-state index contributed by atoms with van der Waals surface area (Å²) in [5.74, 6) is 0.749. The molecule has 1 atom stereocenters. The third-order valence-corrected chi connectivity index (χ3v) is 3.14. The number of aromatic nitrogens is 1. The first-order chi connectivity index (χ1) is 8.24. The molecule has 17 heavy (non-hydrogen) atoms. The van der Waals surface area contributed by atoms with E-state index in [9.17, 15) is 4.79 Å². The third-order valence-electron chi connectivity index (χ3n) is 3.14. The van der Waals surface area contributed by atoms with E-state index in [4.69, 9.17) is 0 Å². The molecule has 1 aromatic heterocycles. The SMILES string of the molecule is Cc1ccc(NC(=O)CCC2CCNC2)cn1. The van der Waals surface area contributed by atoms with Crippen molar-refractivity contribution in [3.63, 3.8) is 0 Å². The molecule has 0 spiro atoms. The number of carbonyl (C=O) groups excluding carboxylic acids is 1.